The monoisotopic (exact) mass is 380 g/mol. The minimum Gasteiger partial charge on any atom is -0.374 e. The highest BCUT2D eigenvalue weighted by Gasteiger charge is 2.17. The van der Waals surface area contributed by atoms with Crippen LogP contribution in [-0.2, 0) is 11.3 Å². The predicted molar refractivity (Wildman–Crippen MR) is 105 cm³/mol. The summed E-state index contributed by atoms with van der Waals surface area (Å²) in [6.45, 7) is 5.48. The van der Waals surface area contributed by atoms with E-state index in [0.29, 0.717) is 0 Å². The Labute approximate surface area is 159 Å². The Morgan fingerprint density at radius 2 is 2.08 bits per heavy atom. The van der Waals surface area contributed by atoms with Gasteiger partial charge in [0.1, 0.15) is 5.82 Å². The molecule has 1 fully saturated rings. The van der Waals surface area contributed by atoms with Gasteiger partial charge in [-0.3, -0.25) is 4.98 Å². The number of fused-ring (bicyclic) bond motifs is 1. The van der Waals surface area contributed by atoms with Gasteiger partial charge in [0, 0.05) is 42.6 Å². The summed E-state index contributed by atoms with van der Waals surface area (Å²) in [4.78, 5) is 9.12. The second-order valence-corrected chi connectivity index (χ2v) is 5.93. The molecule has 25 heavy (non-hydrogen) atoms. The van der Waals surface area contributed by atoms with Crippen LogP contribution in [0.5, 0.6) is 0 Å². The number of ether oxygens (including phenoxy) is 1. The van der Waals surface area contributed by atoms with E-state index >= 15 is 0 Å². The zero-order valence-corrected chi connectivity index (χ0v) is 15.6. The van der Waals surface area contributed by atoms with Crippen molar-refractivity contribution in [2.24, 2.45) is 0 Å². The molecule has 1 unspecified atom stereocenters. The topological polar surface area (TPSA) is 52.0 Å². The first-order valence-corrected chi connectivity index (χ1v) is 8.01. The van der Waals surface area contributed by atoms with Gasteiger partial charge in [0.15, 0.2) is 0 Å². The van der Waals surface area contributed by atoms with Gasteiger partial charge in [0.2, 0.25) is 0 Å². The maximum atomic E-state index is 5.83. The molecule has 1 saturated heterocycles. The van der Waals surface area contributed by atoms with E-state index in [2.05, 4.69) is 45.0 Å². The quantitative estimate of drug-likeness (QED) is 0.757. The molecule has 7 heteroatoms. The molecule has 2 aromatic heterocycles. The first-order valence-electron chi connectivity index (χ1n) is 8.01. The van der Waals surface area contributed by atoms with E-state index < -0.39 is 0 Å². The Balaban J connectivity index is 0.00000113. The van der Waals surface area contributed by atoms with E-state index in [1.807, 2.05) is 24.7 Å². The third-order valence-corrected chi connectivity index (χ3v) is 4.33. The van der Waals surface area contributed by atoms with Crippen LogP contribution in [0.1, 0.15) is 5.56 Å². The second kappa shape index (κ2) is 8.63. The van der Waals surface area contributed by atoms with Crippen molar-refractivity contribution in [2.45, 2.75) is 19.6 Å². The predicted octanol–water partition coefficient (Wildman–Crippen LogP) is 3.24. The van der Waals surface area contributed by atoms with E-state index in [4.69, 9.17) is 4.74 Å². The first-order chi connectivity index (χ1) is 11.3. The Morgan fingerprint density at radius 3 is 2.88 bits per heavy atom. The highest BCUT2D eigenvalue weighted by Crippen LogP contribution is 2.28. The molecule has 1 aromatic carbocycles. The average Bonchev–Trinajstić information content (AvgIpc) is 3.04. The van der Waals surface area contributed by atoms with Gasteiger partial charge in [-0.05, 0) is 18.6 Å². The Bertz CT molecular complexity index is 831. The van der Waals surface area contributed by atoms with Crippen molar-refractivity contribution in [2.75, 3.05) is 19.7 Å². The molecule has 134 valence electrons. The molecule has 0 saturated carbocycles. The smallest absolute Gasteiger partial charge is 0.140 e. The molecule has 1 N–H and O–H groups in total. The van der Waals surface area contributed by atoms with Crippen LogP contribution in [0, 0.1) is 6.92 Å². The minimum atomic E-state index is 0. The number of halogens is 2. The summed E-state index contributed by atoms with van der Waals surface area (Å²) in [5, 5.41) is 4.52. The number of morpholine rings is 1. The van der Waals surface area contributed by atoms with Crippen LogP contribution in [0.4, 0.5) is 0 Å². The van der Waals surface area contributed by atoms with E-state index in [0.717, 1.165) is 48.5 Å². The molecule has 0 aliphatic carbocycles. The van der Waals surface area contributed by atoms with Crippen molar-refractivity contribution in [3.8, 4) is 11.4 Å². The molecule has 5 nitrogen and oxygen atoms in total. The molecule has 3 heterocycles. The lowest BCUT2D eigenvalue weighted by Crippen LogP contribution is -2.40. The van der Waals surface area contributed by atoms with Crippen LogP contribution in [0.3, 0.4) is 0 Å². The van der Waals surface area contributed by atoms with E-state index in [9.17, 15) is 0 Å². The fourth-order valence-corrected chi connectivity index (χ4v) is 3.17. The number of hydrogen-bond acceptors (Lipinski definition) is 4. The Hall–Kier alpha value is -1.66. The first kappa shape index (κ1) is 19.7. The van der Waals surface area contributed by atoms with Crippen LogP contribution < -0.4 is 5.32 Å². The van der Waals surface area contributed by atoms with Gasteiger partial charge in [0.25, 0.3) is 0 Å². The molecule has 1 aliphatic rings. The number of rotatable bonds is 3. The van der Waals surface area contributed by atoms with Crippen molar-refractivity contribution < 1.29 is 4.74 Å². The van der Waals surface area contributed by atoms with Crippen molar-refractivity contribution in [3.63, 3.8) is 0 Å². The standard InChI is InChI=1S/C18H20N4O.2ClH/c1-13-4-5-16(15-3-2-6-20-17(13)15)18-21-7-9-22(18)12-14-11-19-8-10-23-14;;/h2-7,9,14,19H,8,10-12H2,1H3;2*1H. The van der Waals surface area contributed by atoms with Gasteiger partial charge in [-0.1, -0.05) is 18.2 Å². The minimum absolute atomic E-state index is 0. The number of aryl methyl sites for hydroxylation is 1. The number of nitrogens with one attached hydrogen (secondary N) is 1. The van der Waals surface area contributed by atoms with Gasteiger partial charge < -0.3 is 14.6 Å². The lowest BCUT2D eigenvalue weighted by Gasteiger charge is -2.24. The highest BCUT2D eigenvalue weighted by atomic mass is 35.5. The number of imidazole rings is 1. The molecular formula is C18H22Cl2N4O. The summed E-state index contributed by atoms with van der Waals surface area (Å²) in [6, 6.07) is 8.34. The molecule has 3 aromatic rings. The molecular weight excluding hydrogens is 359 g/mol. The zero-order chi connectivity index (χ0) is 15.6. The third kappa shape index (κ3) is 3.96. The van der Waals surface area contributed by atoms with Crippen molar-refractivity contribution in [3.05, 3.63) is 48.4 Å². The molecule has 0 bridgehead atoms. The summed E-state index contributed by atoms with van der Waals surface area (Å²) in [5.41, 5.74) is 3.34. The number of hydrogen-bond donors (Lipinski definition) is 1. The van der Waals surface area contributed by atoms with Gasteiger partial charge in [0.05, 0.1) is 24.8 Å². The molecule has 1 aliphatic heterocycles. The summed E-state index contributed by atoms with van der Waals surface area (Å²) in [7, 11) is 0. The van der Waals surface area contributed by atoms with Crippen molar-refractivity contribution in [1.82, 2.24) is 19.9 Å². The van der Waals surface area contributed by atoms with E-state index in [-0.39, 0.29) is 30.9 Å². The third-order valence-electron chi connectivity index (χ3n) is 4.33. The lowest BCUT2D eigenvalue weighted by atomic mass is 10.0. The van der Waals surface area contributed by atoms with Crippen molar-refractivity contribution in [1.29, 1.82) is 0 Å². The maximum Gasteiger partial charge on any atom is 0.140 e. The summed E-state index contributed by atoms with van der Waals surface area (Å²) in [5.74, 6) is 0.970. The fourth-order valence-electron chi connectivity index (χ4n) is 3.17. The average molecular weight is 381 g/mol. The van der Waals surface area contributed by atoms with Gasteiger partial charge in [-0.2, -0.15) is 0 Å². The second-order valence-electron chi connectivity index (χ2n) is 5.93. The molecule has 0 radical (unpaired) electrons. The lowest BCUT2D eigenvalue weighted by molar-refractivity contribution is 0.0185. The maximum absolute atomic E-state index is 5.83. The van der Waals surface area contributed by atoms with Gasteiger partial charge >= 0.3 is 0 Å². The Morgan fingerprint density at radius 1 is 1.20 bits per heavy atom. The molecule has 0 spiro atoms. The summed E-state index contributed by atoms with van der Waals surface area (Å²) < 4.78 is 8.00. The van der Waals surface area contributed by atoms with Crippen LogP contribution in [-0.4, -0.2) is 40.3 Å². The van der Waals surface area contributed by atoms with E-state index in [1.165, 1.54) is 5.56 Å². The van der Waals surface area contributed by atoms with E-state index in [1.54, 1.807) is 0 Å². The molecule has 1 atom stereocenters. The Kier molecular flexibility index (Phi) is 6.79. The molecule has 0 amide bonds. The molecule has 4 rings (SSSR count). The number of aromatic nitrogens is 3. The van der Waals surface area contributed by atoms with Crippen LogP contribution in [0.2, 0.25) is 0 Å². The van der Waals surface area contributed by atoms with Crippen LogP contribution in [0.25, 0.3) is 22.3 Å². The number of pyridine rings is 1. The summed E-state index contributed by atoms with van der Waals surface area (Å²) in [6.07, 6.45) is 5.90. The van der Waals surface area contributed by atoms with Crippen LogP contribution in [0.15, 0.2) is 42.9 Å². The van der Waals surface area contributed by atoms with Gasteiger partial charge in [-0.25, -0.2) is 4.98 Å². The number of benzene rings is 1. The SMILES string of the molecule is Cc1ccc(-c2nccn2CC2CNCCO2)c2cccnc12.Cl.Cl. The zero-order valence-electron chi connectivity index (χ0n) is 14.0. The van der Waals surface area contributed by atoms with Gasteiger partial charge in [-0.15, -0.1) is 24.8 Å². The number of nitrogens with zero attached hydrogens (tertiary/aromatic N) is 3. The highest BCUT2D eigenvalue weighted by molar-refractivity contribution is 5.94. The largest absolute Gasteiger partial charge is 0.374 e. The normalized spacial score (nSPS) is 16.9. The summed E-state index contributed by atoms with van der Waals surface area (Å²) >= 11 is 0. The fraction of sp³-hybridized carbons (Fsp3) is 0.333. The van der Waals surface area contributed by atoms with Crippen LogP contribution >= 0.6 is 24.8 Å². The van der Waals surface area contributed by atoms with Crippen molar-refractivity contribution >= 4 is 35.7 Å².